The largest absolute Gasteiger partial charge is 0.468 e. The molecule has 0 aliphatic carbocycles. The van der Waals surface area contributed by atoms with E-state index in [1.807, 2.05) is 6.07 Å². The number of nitrogens with zero attached hydrogens (tertiary/aromatic N) is 2. The van der Waals surface area contributed by atoms with Gasteiger partial charge in [-0.2, -0.15) is 5.26 Å². The molecule has 6 heteroatoms. The van der Waals surface area contributed by atoms with Gasteiger partial charge in [0.05, 0.1) is 17.7 Å². The average Bonchev–Trinajstić information content (AvgIpc) is 3.04. The van der Waals surface area contributed by atoms with Crippen LogP contribution in [0.4, 0.5) is 0 Å². The van der Waals surface area contributed by atoms with Crippen molar-refractivity contribution in [2.75, 3.05) is 0 Å². The Morgan fingerprint density at radius 2 is 2.19 bits per heavy atom. The van der Waals surface area contributed by atoms with Crippen LogP contribution < -0.4 is 10.5 Å². The van der Waals surface area contributed by atoms with E-state index in [9.17, 15) is 5.26 Å². The Morgan fingerprint density at radius 3 is 2.76 bits per heavy atom. The maximum Gasteiger partial charge on any atom is 0.244 e. The minimum absolute atomic E-state index is 0.0679. The summed E-state index contributed by atoms with van der Waals surface area (Å²) in [4.78, 5) is 0. The summed E-state index contributed by atoms with van der Waals surface area (Å²) in [7, 11) is 0. The lowest BCUT2D eigenvalue weighted by Crippen LogP contribution is -2.23. The zero-order valence-corrected chi connectivity index (χ0v) is 12.1. The Labute approximate surface area is 122 Å². The summed E-state index contributed by atoms with van der Waals surface area (Å²) in [6.45, 7) is 6.19. The number of nitrogens with one attached hydrogen (secondary N) is 1. The molecule has 3 N–H and O–H groups in total. The predicted molar refractivity (Wildman–Crippen MR) is 75.3 cm³/mol. The number of furan rings is 1. The highest BCUT2D eigenvalue weighted by Gasteiger charge is 2.39. The van der Waals surface area contributed by atoms with Gasteiger partial charge in [-0.1, -0.05) is 20.8 Å². The molecule has 1 atom stereocenters. The Morgan fingerprint density at radius 1 is 1.43 bits per heavy atom. The normalized spacial score (nSPS) is 18.1. The van der Waals surface area contributed by atoms with Crippen molar-refractivity contribution in [1.82, 2.24) is 10.2 Å². The van der Waals surface area contributed by atoms with E-state index in [1.54, 1.807) is 12.3 Å². The van der Waals surface area contributed by atoms with E-state index >= 15 is 0 Å². The minimum atomic E-state index is -0.401. The van der Waals surface area contributed by atoms with E-state index in [4.69, 9.17) is 14.9 Å². The third-order valence-corrected chi connectivity index (χ3v) is 3.52. The predicted octanol–water partition coefficient (Wildman–Crippen LogP) is 2.52. The lowest BCUT2D eigenvalue weighted by Gasteiger charge is -2.25. The van der Waals surface area contributed by atoms with Crippen molar-refractivity contribution >= 4 is 0 Å². The highest BCUT2D eigenvalue weighted by Crippen LogP contribution is 2.45. The number of ether oxygens (including phenoxy) is 1. The molecule has 0 radical (unpaired) electrons. The second-order valence-corrected chi connectivity index (χ2v) is 6.01. The first kappa shape index (κ1) is 13.3. The van der Waals surface area contributed by atoms with Crippen molar-refractivity contribution in [2.24, 2.45) is 5.73 Å². The summed E-state index contributed by atoms with van der Waals surface area (Å²) in [5, 5.41) is 16.6. The molecule has 0 amide bonds. The van der Waals surface area contributed by atoms with Gasteiger partial charge in [0.15, 0.2) is 0 Å². The highest BCUT2D eigenvalue weighted by atomic mass is 16.5. The van der Waals surface area contributed by atoms with Gasteiger partial charge in [-0.3, -0.25) is 5.10 Å². The Balaban J connectivity index is 2.26. The molecule has 0 unspecified atom stereocenters. The zero-order chi connectivity index (χ0) is 15.2. The number of allylic oxidation sites excluding steroid dienone is 1. The van der Waals surface area contributed by atoms with Crippen molar-refractivity contribution in [3.63, 3.8) is 0 Å². The number of nitrogens with two attached hydrogens (primary N) is 1. The summed E-state index contributed by atoms with van der Waals surface area (Å²) in [5.41, 5.74) is 7.73. The van der Waals surface area contributed by atoms with E-state index < -0.39 is 5.92 Å². The van der Waals surface area contributed by atoms with Crippen LogP contribution in [0.5, 0.6) is 5.88 Å². The third-order valence-electron chi connectivity index (χ3n) is 3.52. The van der Waals surface area contributed by atoms with E-state index in [1.165, 1.54) is 0 Å². The Hall–Kier alpha value is -2.68. The minimum Gasteiger partial charge on any atom is -0.468 e. The number of rotatable bonds is 1. The van der Waals surface area contributed by atoms with Crippen LogP contribution in [0.25, 0.3) is 0 Å². The van der Waals surface area contributed by atoms with Crippen LogP contribution in [0.15, 0.2) is 34.3 Å². The van der Waals surface area contributed by atoms with Gasteiger partial charge in [0.2, 0.25) is 11.8 Å². The summed E-state index contributed by atoms with van der Waals surface area (Å²) < 4.78 is 11.0. The molecule has 1 aliphatic rings. The molecule has 0 bridgehead atoms. The van der Waals surface area contributed by atoms with Crippen LogP contribution in [0, 0.1) is 11.3 Å². The van der Waals surface area contributed by atoms with Crippen LogP contribution in [0.3, 0.4) is 0 Å². The van der Waals surface area contributed by atoms with Crippen LogP contribution in [0.1, 0.15) is 43.7 Å². The molecule has 108 valence electrons. The fourth-order valence-corrected chi connectivity index (χ4v) is 2.56. The molecule has 3 heterocycles. The van der Waals surface area contributed by atoms with Gasteiger partial charge in [0, 0.05) is 11.1 Å². The number of H-pyrrole nitrogens is 1. The van der Waals surface area contributed by atoms with Gasteiger partial charge in [0.25, 0.3) is 0 Å². The summed E-state index contributed by atoms with van der Waals surface area (Å²) in [6, 6.07) is 5.74. The van der Waals surface area contributed by atoms with Gasteiger partial charge in [-0.05, 0) is 12.1 Å². The van der Waals surface area contributed by atoms with E-state index in [2.05, 4.69) is 37.0 Å². The van der Waals surface area contributed by atoms with Crippen LogP contribution >= 0.6 is 0 Å². The van der Waals surface area contributed by atoms with E-state index in [0.29, 0.717) is 17.2 Å². The van der Waals surface area contributed by atoms with Crippen molar-refractivity contribution in [1.29, 1.82) is 5.26 Å². The SMILES string of the molecule is CC(C)(C)c1[nH]nc2c1[C@@H](c1ccco1)C(C#N)=C(N)O2. The smallest absolute Gasteiger partial charge is 0.244 e. The molecular weight excluding hydrogens is 268 g/mol. The topological polar surface area (TPSA) is 101 Å². The molecule has 1 aliphatic heterocycles. The fourth-order valence-electron chi connectivity index (χ4n) is 2.56. The van der Waals surface area contributed by atoms with Gasteiger partial charge in [-0.15, -0.1) is 5.10 Å². The molecule has 2 aromatic heterocycles. The maximum atomic E-state index is 9.45. The van der Waals surface area contributed by atoms with Crippen molar-refractivity contribution < 1.29 is 9.15 Å². The molecule has 3 rings (SSSR count). The van der Waals surface area contributed by atoms with Gasteiger partial charge < -0.3 is 14.9 Å². The van der Waals surface area contributed by atoms with Crippen LogP contribution in [-0.2, 0) is 5.41 Å². The molecule has 0 spiro atoms. The number of fused-ring (bicyclic) bond motifs is 1. The number of hydrogen-bond donors (Lipinski definition) is 2. The molecule has 0 saturated carbocycles. The van der Waals surface area contributed by atoms with E-state index in [0.717, 1.165) is 11.3 Å². The highest BCUT2D eigenvalue weighted by molar-refractivity contribution is 5.54. The van der Waals surface area contributed by atoms with Gasteiger partial charge in [-0.25, -0.2) is 0 Å². The number of aromatic nitrogens is 2. The van der Waals surface area contributed by atoms with Crippen molar-refractivity contribution in [3.05, 3.63) is 46.9 Å². The quantitative estimate of drug-likeness (QED) is 0.837. The van der Waals surface area contributed by atoms with Crippen LogP contribution in [-0.4, -0.2) is 10.2 Å². The lowest BCUT2D eigenvalue weighted by molar-refractivity contribution is 0.370. The zero-order valence-electron chi connectivity index (χ0n) is 12.1. The number of hydrogen-bond acceptors (Lipinski definition) is 5. The van der Waals surface area contributed by atoms with Crippen molar-refractivity contribution in [3.8, 4) is 11.9 Å². The molecule has 0 saturated heterocycles. The second-order valence-electron chi connectivity index (χ2n) is 6.01. The van der Waals surface area contributed by atoms with Crippen molar-refractivity contribution in [2.45, 2.75) is 32.1 Å². The van der Waals surface area contributed by atoms with Crippen LogP contribution in [0.2, 0.25) is 0 Å². The summed E-state index contributed by atoms with van der Waals surface area (Å²) in [5.74, 6) is 0.712. The molecule has 21 heavy (non-hydrogen) atoms. The maximum absolute atomic E-state index is 9.45. The second kappa shape index (κ2) is 4.42. The Bertz CT molecular complexity index is 742. The van der Waals surface area contributed by atoms with Gasteiger partial charge >= 0.3 is 0 Å². The summed E-state index contributed by atoms with van der Waals surface area (Å²) in [6.07, 6.45) is 1.58. The third kappa shape index (κ3) is 1.98. The first-order valence-electron chi connectivity index (χ1n) is 6.63. The molecular formula is C15H16N4O2. The monoisotopic (exact) mass is 284 g/mol. The van der Waals surface area contributed by atoms with Gasteiger partial charge in [0.1, 0.15) is 17.4 Å². The molecule has 0 fully saturated rings. The average molecular weight is 284 g/mol. The number of aromatic amines is 1. The first-order chi connectivity index (χ1) is 9.93. The molecule has 2 aromatic rings. The first-order valence-corrected chi connectivity index (χ1v) is 6.63. The fraction of sp³-hybridized carbons (Fsp3) is 0.333. The Kier molecular flexibility index (Phi) is 2.80. The standard InChI is InChI=1S/C15H16N4O2/c1-15(2,3)12-11-10(9-5-4-6-20-9)8(7-16)13(17)21-14(11)19-18-12/h4-6,10H,17H2,1-3H3,(H,18,19)/t10-/m1/s1. The lowest BCUT2D eigenvalue weighted by atomic mass is 9.81. The number of nitriles is 1. The molecule has 6 nitrogen and oxygen atoms in total. The summed E-state index contributed by atoms with van der Waals surface area (Å²) >= 11 is 0. The molecule has 0 aromatic carbocycles. The van der Waals surface area contributed by atoms with E-state index in [-0.39, 0.29) is 11.3 Å².